The maximum atomic E-state index is 12.4. The fourth-order valence-electron chi connectivity index (χ4n) is 2.96. The first-order valence-corrected chi connectivity index (χ1v) is 5.47. The first-order valence-electron chi connectivity index (χ1n) is 5.47. The third-order valence-electron chi connectivity index (χ3n) is 3.68. The molecule has 0 unspecified atom stereocenters. The second kappa shape index (κ2) is 3.50. The van der Waals surface area contributed by atoms with Gasteiger partial charge in [-0.15, -0.1) is 0 Å². The number of hydrogen-bond acceptors (Lipinski definition) is 2. The van der Waals surface area contributed by atoms with Crippen LogP contribution in [0, 0.1) is 5.41 Å². The van der Waals surface area contributed by atoms with E-state index >= 15 is 0 Å². The van der Waals surface area contributed by atoms with Crippen LogP contribution in [0.5, 0.6) is 0 Å². The molecule has 2 rings (SSSR count). The normalized spacial score (nSPS) is 24.4. The van der Waals surface area contributed by atoms with Crippen LogP contribution in [-0.4, -0.2) is 12.0 Å². The van der Waals surface area contributed by atoms with Crippen LogP contribution in [0.25, 0.3) is 0 Å². The molecule has 5 heteroatoms. The van der Waals surface area contributed by atoms with Crippen LogP contribution < -0.4 is 5.73 Å². The average Bonchev–Trinajstić information content (AvgIpc) is 2.17. The number of carbonyl (C=O) groups is 1. The summed E-state index contributed by atoms with van der Waals surface area (Å²) in [6.07, 6.45) is -0.163. The zero-order valence-electron chi connectivity index (χ0n) is 8.86. The Bertz CT molecular complexity index is 351. The highest BCUT2D eigenvalue weighted by molar-refractivity contribution is 6.02. The third kappa shape index (κ3) is 1.62. The predicted molar refractivity (Wildman–Crippen MR) is 52.4 cm³/mol. The largest absolute Gasteiger partial charge is 0.454 e. The Morgan fingerprint density at radius 1 is 1.19 bits per heavy atom. The van der Waals surface area contributed by atoms with Crippen molar-refractivity contribution in [2.24, 2.45) is 11.1 Å². The quantitative estimate of drug-likeness (QED) is 0.756. The molecule has 0 saturated heterocycles. The van der Waals surface area contributed by atoms with Crippen molar-refractivity contribution < 1.29 is 18.0 Å². The number of nitrogens with two attached hydrogens (primary N) is 1. The van der Waals surface area contributed by atoms with Crippen LogP contribution in [0.1, 0.15) is 38.5 Å². The number of ketones is 1. The first kappa shape index (κ1) is 11.5. The lowest BCUT2D eigenvalue weighted by atomic mass is 9.58. The minimum absolute atomic E-state index is 0.139. The predicted octanol–water partition coefficient (Wildman–Crippen LogP) is 2.68. The van der Waals surface area contributed by atoms with Crippen molar-refractivity contribution in [1.29, 1.82) is 0 Å². The monoisotopic (exact) mass is 233 g/mol. The van der Waals surface area contributed by atoms with Gasteiger partial charge in [-0.25, -0.2) is 0 Å². The highest BCUT2D eigenvalue weighted by atomic mass is 19.4. The SMILES string of the molecule is NC1=C(C(=O)C(F)(F)F)C2(CCCCC2)C1. The summed E-state index contributed by atoms with van der Waals surface area (Å²) in [7, 11) is 0. The summed E-state index contributed by atoms with van der Waals surface area (Å²) in [4.78, 5) is 11.3. The summed E-state index contributed by atoms with van der Waals surface area (Å²) in [6.45, 7) is 0. The molecule has 2 nitrogen and oxygen atoms in total. The fourth-order valence-corrected chi connectivity index (χ4v) is 2.96. The lowest BCUT2D eigenvalue weighted by Crippen LogP contribution is -2.45. The molecule has 0 aliphatic heterocycles. The number of hydrogen-bond donors (Lipinski definition) is 1. The maximum Gasteiger partial charge on any atom is 0.454 e. The van der Waals surface area contributed by atoms with Crippen molar-refractivity contribution >= 4 is 5.78 Å². The molecule has 0 bridgehead atoms. The molecule has 2 aliphatic rings. The zero-order valence-corrected chi connectivity index (χ0v) is 8.86. The van der Waals surface area contributed by atoms with Crippen molar-refractivity contribution in [3.63, 3.8) is 0 Å². The van der Waals surface area contributed by atoms with E-state index in [1.165, 1.54) is 0 Å². The Morgan fingerprint density at radius 3 is 2.19 bits per heavy atom. The summed E-state index contributed by atoms with van der Waals surface area (Å²) in [5.41, 5.74) is 4.94. The Morgan fingerprint density at radius 2 is 1.75 bits per heavy atom. The minimum Gasteiger partial charge on any atom is -0.402 e. The van der Waals surface area contributed by atoms with Crippen molar-refractivity contribution in [2.45, 2.75) is 44.7 Å². The van der Waals surface area contributed by atoms with E-state index in [1.54, 1.807) is 0 Å². The molecule has 1 spiro atoms. The second-order valence-electron chi connectivity index (χ2n) is 4.74. The van der Waals surface area contributed by atoms with Gasteiger partial charge in [0.2, 0.25) is 0 Å². The standard InChI is InChI=1S/C11H14F3NO/c12-11(13,14)9(16)8-7(15)6-10(8)4-2-1-3-5-10/h1-6,15H2. The lowest BCUT2D eigenvalue weighted by molar-refractivity contribution is -0.169. The molecule has 0 aromatic carbocycles. The van der Waals surface area contributed by atoms with Crippen molar-refractivity contribution in [3.8, 4) is 0 Å². The van der Waals surface area contributed by atoms with Gasteiger partial charge in [-0.05, 0) is 19.3 Å². The fraction of sp³-hybridized carbons (Fsp3) is 0.727. The molecule has 1 fully saturated rings. The summed E-state index contributed by atoms with van der Waals surface area (Å²) >= 11 is 0. The maximum absolute atomic E-state index is 12.4. The van der Waals surface area contributed by atoms with Gasteiger partial charge in [0.05, 0.1) is 0 Å². The average molecular weight is 233 g/mol. The van der Waals surface area contributed by atoms with Crippen molar-refractivity contribution in [2.75, 3.05) is 0 Å². The molecule has 2 aliphatic carbocycles. The van der Waals surface area contributed by atoms with E-state index in [9.17, 15) is 18.0 Å². The highest BCUT2D eigenvalue weighted by Gasteiger charge is 2.54. The van der Waals surface area contributed by atoms with E-state index in [1.807, 2.05) is 0 Å². The molecule has 0 aromatic heterocycles. The highest BCUT2D eigenvalue weighted by Crippen LogP contribution is 2.55. The molecular formula is C11H14F3NO. The van der Waals surface area contributed by atoms with E-state index in [0.29, 0.717) is 19.3 Å². The van der Waals surface area contributed by atoms with Gasteiger partial charge in [-0.2, -0.15) is 13.2 Å². The summed E-state index contributed by atoms with van der Waals surface area (Å²) in [5, 5.41) is 0. The minimum atomic E-state index is -4.79. The van der Waals surface area contributed by atoms with Crippen LogP contribution in [0.3, 0.4) is 0 Å². The molecule has 0 radical (unpaired) electrons. The van der Waals surface area contributed by atoms with E-state index < -0.39 is 17.4 Å². The topological polar surface area (TPSA) is 43.1 Å². The summed E-state index contributed by atoms with van der Waals surface area (Å²) in [5.74, 6) is -1.72. The second-order valence-corrected chi connectivity index (χ2v) is 4.74. The first-order chi connectivity index (χ1) is 7.37. The van der Waals surface area contributed by atoms with Gasteiger partial charge in [-0.1, -0.05) is 19.3 Å². The van der Waals surface area contributed by atoms with Gasteiger partial charge in [0, 0.05) is 16.7 Å². The van der Waals surface area contributed by atoms with E-state index in [2.05, 4.69) is 0 Å². The van der Waals surface area contributed by atoms with Gasteiger partial charge in [0.25, 0.3) is 5.78 Å². The van der Waals surface area contributed by atoms with Crippen molar-refractivity contribution in [1.82, 2.24) is 0 Å². The summed E-state index contributed by atoms with van der Waals surface area (Å²) < 4.78 is 37.2. The van der Waals surface area contributed by atoms with Crippen LogP contribution in [0.4, 0.5) is 13.2 Å². The van der Waals surface area contributed by atoms with Gasteiger partial charge in [0.1, 0.15) is 0 Å². The van der Waals surface area contributed by atoms with Crippen molar-refractivity contribution in [3.05, 3.63) is 11.3 Å². The Labute approximate surface area is 91.7 Å². The Balaban J connectivity index is 2.26. The number of halogens is 3. The van der Waals surface area contributed by atoms with E-state index in [0.717, 1.165) is 19.3 Å². The van der Waals surface area contributed by atoms with Crippen LogP contribution in [0.2, 0.25) is 0 Å². The molecule has 0 heterocycles. The zero-order chi connectivity index (χ0) is 12.0. The molecule has 0 aromatic rings. The van der Waals surface area contributed by atoms with Crippen LogP contribution >= 0.6 is 0 Å². The molecule has 2 N–H and O–H groups in total. The Hall–Kier alpha value is -1.00. The molecule has 90 valence electrons. The summed E-state index contributed by atoms with van der Waals surface area (Å²) in [6, 6.07) is 0. The molecule has 1 saturated carbocycles. The molecule has 16 heavy (non-hydrogen) atoms. The number of Topliss-reactive ketones (excluding diaryl/α,β-unsaturated/α-hetero) is 1. The molecule has 0 atom stereocenters. The van der Waals surface area contributed by atoms with E-state index in [4.69, 9.17) is 5.73 Å². The smallest absolute Gasteiger partial charge is 0.402 e. The van der Waals surface area contributed by atoms with Gasteiger partial charge in [0.15, 0.2) is 0 Å². The van der Waals surface area contributed by atoms with Gasteiger partial charge >= 0.3 is 6.18 Å². The van der Waals surface area contributed by atoms with E-state index in [-0.39, 0.29) is 11.3 Å². The third-order valence-corrected chi connectivity index (χ3v) is 3.68. The van der Waals surface area contributed by atoms with Gasteiger partial charge < -0.3 is 5.73 Å². The lowest BCUT2D eigenvalue weighted by Gasteiger charge is -2.46. The number of alkyl halides is 3. The molecule has 0 amide bonds. The number of rotatable bonds is 1. The molecular weight excluding hydrogens is 219 g/mol. The van der Waals surface area contributed by atoms with Crippen LogP contribution in [0.15, 0.2) is 11.3 Å². The Kier molecular flexibility index (Phi) is 2.51. The number of carbonyl (C=O) groups excluding carboxylic acids is 1. The van der Waals surface area contributed by atoms with Crippen LogP contribution in [-0.2, 0) is 4.79 Å². The number of allylic oxidation sites excluding steroid dienone is 2. The van der Waals surface area contributed by atoms with Gasteiger partial charge in [-0.3, -0.25) is 4.79 Å².